The number of aryl methyl sites for hydroxylation is 1. The van der Waals surface area contributed by atoms with Crippen molar-refractivity contribution in [3.63, 3.8) is 0 Å². The number of nitrogen functional groups attached to an aromatic ring is 1. The van der Waals surface area contributed by atoms with Gasteiger partial charge in [0.15, 0.2) is 11.5 Å². The maximum atomic E-state index is 5.77. The van der Waals surface area contributed by atoms with Crippen LogP contribution in [0.1, 0.15) is 19.3 Å². The Hall–Kier alpha value is -1.73. The van der Waals surface area contributed by atoms with Crippen LogP contribution in [0, 0.1) is 5.92 Å². The minimum Gasteiger partial charge on any atom is -0.382 e. The average Bonchev–Trinajstić information content (AvgIpc) is 2.93. The summed E-state index contributed by atoms with van der Waals surface area (Å²) >= 11 is 0. The molecule has 0 aliphatic carbocycles. The van der Waals surface area contributed by atoms with E-state index in [4.69, 9.17) is 15.2 Å². The molecule has 21 heavy (non-hydrogen) atoms. The summed E-state index contributed by atoms with van der Waals surface area (Å²) in [5, 5.41) is 0. The van der Waals surface area contributed by atoms with Crippen LogP contribution in [0.2, 0.25) is 0 Å². The lowest BCUT2D eigenvalue weighted by molar-refractivity contribution is 0.0196. The van der Waals surface area contributed by atoms with Gasteiger partial charge >= 0.3 is 0 Å². The number of anilines is 1. The van der Waals surface area contributed by atoms with E-state index in [1.807, 2.05) is 4.57 Å². The number of nitrogens with zero attached hydrogens (tertiary/aromatic N) is 4. The Kier molecular flexibility index (Phi) is 4.62. The highest BCUT2D eigenvalue weighted by Crippen LogP contribution is 2.16. The normalized spacial score (nSPS) is 16.6. The quantitative estimate of drug-likeness (QED) is 0.806. The number of ether oxygens (including phenoxy) is 2. The van der Waals surface area contributed by atoms with Crippen LogP contribution in [0.5, 0.6) is 0 Å². The number of hydrogen-bond acceptors (Lipinski definition) is 6. The second-order valence-electron chi connectivity index (χ2n) is 5.35. The molecule has 0 unspecified atom stereocenters. The summed E-state index contributed by atoms with van der Waals surface area (Å²) in [6.07, 6.45) is 6.38. The van der Waals surface area contributed by atoms with Gasteiger partial charge in [0.25, 0.3) is 0 Å². The standard InChI is InChI=1S/C14H21N5O2/c15-13-12-14(17-9-16-13)19(10-18-12)4-1-5-21-8-11-2-6-20-7-3-11/h9-11H,1-8H2,(H2,15,16,17). The molecule has 0 aromatic carbocycles. The number of hydrogen-bond donors (Lipinski definition) is 1. The highest BCUT2D eigenvalue weighted by atomic mass is 16.5. The molecule has 0 atom stereocenters. The van der Waals surface area contributed by atoms with Crippen molar-refractivity contribution >= 4 is 17.0 Å². The maximum absolute atomic E-state index is 5.77. The highest BCUT2D eigenvalue weighted by molar-refractivity contribution is 5.80. The summed E-state index contributed by atoms with van der Waals surface area (Å²) in [6, 6.07) is 0. The van der Waals surface area contributed by atoms with Crippen LogP contribution in [-0.2, 0) is 16.0 Å². The number of fused-ring (bicyclic) bond motifs is 1. The van der Waals surface area contributed by atoms with Gasteiger partial charge in [0, 0.05) is 33.0 Å². The molecular weight excluding hydrogens is 270 g/mol. The summed E-state index contributed by atoms with van der Waals surface area (Å²) in [4.78, 5) is 12.4. The fourth-order valence-electron chi connectivity index (χ4n) is 2.56. The number of imidazole rings is 1. The Morgan fingerprint density at radius 1 is 1.29 bits per heavy atom. The number of aromatic nitrogens is 4. The third kappa shape index (κ3) is 3.48. The van der Waals surface area contributed by atoms with E-state index < -0.39 is 0 Å². The molecule has 2 N–H and O–H groups in total. The molecule has 1 aliphatic rings. The van der Waals surface area contributed by atoms with Gasteiger partial charge in [-0.2, -0.15) is 0 Å². The van der Waals surface area contributed by atoms with Crippen molar-refractivity contribution in [1.29, 1.82) is 0 Å². The van der Waals surface area contributed by atoms with Crippen molar-refractivity contribution in [2.45, 2.75) is 25.8 Å². The fraction of sp³-hybridized carbons (Fsp3) is 0.643. The predicted molar refractivity (Wildman–Crippen MR) is 78.7 cm³/mol. The van der Waals surface area contributed by atoms with Gasteiger partial charge in [0.1, 0.15) is 11.8 Å². The summed E-state index contributed by atoms with van der Waals surface area (Å²) in [5.74, 6) is 1.08. The summed E-state index contributed by atoms with van der Waals surface area (Å²) in [6.45, 7) is 4.15. The van der Waals surface area contributed by atoms with Gasteiger partial charge in [-0.15, -0.1) is 0 Å². The van der Waals surface area contributed by atoms with Crippen LogP contribution in [0.3, 0.4) is 0 Å². The van der Waals surface area contributed by atoms with Crippen molar-refractivity contribution in [2.24, 2.45) is 5.92 Å². The molecule has 0 radical (unpaired) electrons. The lowest BCUT2D eigenvalue weighted by Gasteiger charge is -2.21. The summed E-state index contributed by atoms with van der Waals surface area (Å²) < 4.78 is 13.1. The Morgan fingerprint density at radius 3 is 3.00 bits per heavy atom. The molecule has 1 saturated heterocycles. The van der Waals surface area contributed by atoms with Gasteiger partial charge in [-0.3, -0.25) is 0 Å². The molecule has 3 heterocycles. The SMILES string of the molecule is Nc1ncnc2c1ncn2CCCOCC1CCOCC1. The zero-order chi connectivity index (χ0) is 14.5. The Bertz CT molecular complexity index is 580. The fourth-order valence-corrected chi connectivity index (χ4v) is 2.56. The van der Waals surface area contributed by atoms with E-state index in [-0.39, 0.29) is 0 Å². The first-order valence-corrected chi connectivity index (χ1v) is 7.41. The molecule has 114 valence electrons. The highest BCUT2D eigenvalue weighted by Gasteiger charge is 2.13. The van der Waals surface area contributed by atoms with E-state index in [9.17, 15) is 0 Å². The van der Waals surface area contributed by atoms with Crippen molar-refractivity contribution in [2.75, 3.05) is 32.2 Å². The molecule has 1 aliphatic heterocycles. The monoisotopic (exact) mass is 291 g/mol. The van der Waals surface area contributed by atoms with E-state index in [1.54, 1.807) is 6.33 Å². The average molecular weight is 291 g/mol. The molecule has 1 fully saturated rings. The van der Waals surface area contributed by atoms with Gasteiger partial charge in [0.05, 0.1) is 6.33 Å². The van der Waals surface area contributed by atoms with Crippen LogP contribution in [0.4, 0.5) is 5.82 Å². The molecule has 0 amide bonds. The topological polar surface area (TPSA) is 88.1 Å². The van der Waals surface area contributed by atoms with E-state index in [0.717, 1.165) is 57.9 Å². The van der Waals surface area contributed by atoms with E-state index >= 15 is 0 Å². The molecule has 2 aromatic rings. The molecule has 0 saturated carbocycles. The van der Waals surface area contributed by atoms with Crippen molar-refractivity contribution in [3.8, 4) is 0 Å². The second kappa shape index (κ2) is 6.82. The molecule has 0 bridgehead atoms. The van der Waals surface area contributed by atoms with Crippen LogP contribution in [0.25, 0.3) is 11.2 Å². The Balaban J connectivity index is 1.43. The van der Waals surface area contributed by atoms with Crippen LogP contribution >= 0.6 is 0 Å². The molecular formula is C14H21N5O2. The van der Waals surface area contributed by atoms with E-state index in [1.165, 1.54) is 6.33 Å². The van der Waals surface area contributed by atoms with Gasteiger partial charge in [0.2, 0.25) is 0 Å². The third-order valence-electron chi connectivity index (χ3n) is 3.81. The molecule has 2 aromatic heterocycles. The third-order valence-corrected chi connectivity index (χ3v) is 3.81. The summed E-state index contributed by atoms with van der Waals surface area (Å²) in [7, 11) is 0. The smallest absolute Gasteiger partial charge is 0.165 e. The van der Waals surface area contributed by atoms with Crippen molar-refractivity contribution in [1.82, 2.24) is 19.5 Å². The zero-order valence-electron chi connectivity index (χ0n) is 12.1. The van der Waals surface area contributed by atoms with Gasteiger partial charge in [-0.25, -0.2) is 15.0 Å². The first-order valence-electron chi connectivity index (χ1n) is 7.41. The van der Waals surface area contributed by atoms with Crippen LogP contribution in [-0.4, -0.2) is 45.9 Å². The van der Waals surface area contributed by atoms with Crippen LogP contribution in [0.15, 0.2) is 12.7 Å². The van der Waals surface area contributed by atoms with Gasteiger partial charge in [-0.05, 0) is 25.2 Å². The number of rotatable bonds is 6. The number of nitrogens with two attached hydrogens (primary N) is 1. The lowest BCUT2D eigenvalue weighted by Crippen LogP contribution is -2.20. The van der Waals surface area contributed by atoms with E-state index in [2.05, 4.69) is 15.0 Å². The Morgan fingerprint density at radius 2 is 2.14 bits per heavy atom. The molecule has 7 heteroatoms. The minimum atomic E-state index is 0.425. The van der Waals surface area contributed by atoms with Crippen molar-refractivity contribution < 1.29 is 9.47 Å². The first kappa shape index (κ1) is 14.2. The van der Waals surface area contributed by atoms with Crippen LogP contribution < -0.4 is 5.73 Å². The first-order chi connectivity index (χ1) is 10.3. The molecule has 3 rings (SSSR count). The molecule has 0 spiro atoms. The largest absolute Gasteiger partial charge is 0.382 e. The van der Waals surface area contributed by atoms with Gasteiger partial charge < -0.3 is 19.8 Å². The molecule has 7 nitrogen and oxygen atoms in total. The Labute approximate surface area is 123 Å². The van der Waals surface area contributed by atoms with E-state index in [0.29, 0.717) is 17.3 Å². The van der Waals surface area contributed by atoms with Gasteiger partial charge in [-0.1, -0.05) is 0 Å². The summed E-state index contributed by atoms with van der Waals surface area (Å²) in [5.41, 5.74) is 7.22. The van der Waals surface area contributed by atoms with Crippen molar-refractivity contribution in [3.05, 3.63) is 12.7 Å². The second-order valence-corrected chi connectivity index (χ2v) is 5.35. The zero-order valence-corrected chi connectivity index (χ0v) is 12.1. The predicted octanol–water partition coefficient (Wildman–Crippen LogP) is 1.24. The maximum Gasteiger partial charge on any atom is 0.165 e. The lowest BCUT2D eigenvalue weighted by atomic mass is 10.0. The minimum absolute atomic E-state index is 0.425.